The van der Waals surface area contributed by atoms with Crippen molar-refractivity contribution < 1.29 is 14.3 Å². The highest BCUT2D eigenvalue weighted by Crippen LogP contribution is 2.36. The van der Waals surface area contributed by atoms with Gasteiger partial charge in [-0.15, -0.1) is 0 Å². The molecule has 0 unspecified atom stereocenters. The standard InChI is InChI=1S/C26H28N2O3/c1-19-12-13-23-25(14-19)31-18-22(28(23)17-20-8-4-3-5-9-20)15-26(29)27-16-21-10-6-7-11-24(21)30-2/h3-14,22H,15-18H2,1-2H3,(H,27,29)/t22-/m0/s1. The Hall–Kier alpha value is -3.47. The molecule has 1 aliphatic rings. The van der Waals surface area contributed by atoms with Gasteiger partial charge in [-0.1, -0.05) is 54.6 Å². The molecular formula is C26H28N2O3. The number of nitrogens with one attached hydrogen (secondary N) is 1. The van der Waals surface area contributed by atoms with E-state index in [0.717, 1.165) is 34.9 Å². The third-order valence-electron chi connectivity index (χ3n) is 5.58. The molecule has 1 amide bonds. The number of hydrogen-bond acceptors (Lipinski definition) is 4. The number of amides is 1. The zero-order chi connectivity index (χ0) is 21.6. The van der Waals surface area contributed by atoms with Gasteiger partial charge in [-0.2, -0.15) is 0 Å². The maximum atomic E-state index is 12.8. The lowest BCUT2D eigenvalue weighted by Crippen LogP contribution is -2.45. The summed E-state index contributed by atoms with van der Waals surface area (Å²) in [6, 6.07) is 24.2. The third-order valence-corrected chi connectivity index (χ3v) is 5.58. The molecule has 31 heavy (non-hydrogen) atoms. The normalized spacial score (nSPS) is 15.0. The first-order chi connectivity index (χ1) is 15.1. The molecule has 1 heterocycles. The minimum atomic E-state index is -0.0481. The smallest absolute Gasteiger partial charge is 0.222 e. The number of ether oxygens (including phenoxy) is 2. The molecule has 4 rings (SSSR count). The quantitative estimate of drug-likeness (QED) is 0.617. The summed E-state index contributed by atoms with van der Waals surface area (Å²) in [4.78, 5) is 15.1. The van der Waals surface area contributed by atoms with E-state index in [9.17, 15) is 4.79 Å². The van der Waals surface area contributed by atoms with E-state index in [2.05, 4.69) is 47.5 Å². The highest BCUT2D eigenvalue weighted by atomic mass is 16.5. The number of aryl methyl sites for hydroxylation is 1. The minimum Gasteiger partial charge on any atom is -0.496 e. The van der Waals surface area contributed by atoms with Crippen LogP contribution in [0.1, 0.15) is 23.1 Å². The average molecular weight is 417 g/mol. The molecule has 3 aromatic carbocycles. The van der Waals surface area contributed by atoms with Gasteiger partial charge < -0.3 is 19.7 Å². The van der Waals surface area contributed by atoms with Gasteiger partial charge in [0.1, 0.15) is 18.1 Å². The second kappa shape index (κ2) is 9.56. The topological polar surface area (TPSA) is 50.8 Å². The first-order valence-electron chi connectivity index (χ1n) is 10.6. The van der Waals surface area contributed by atoms with Crippen LogP contribution < -0.4 is 19.7 Å². The Morgan fingerprint density at radius 3 is 2.68 bits per heavy atom. The van der Waals surface area contributed by atoms with Crippen molar-refractivity contribution in [3.8, 4) is 11.5 Å². The number of nitrogens with zero attached hydrogens (tertiary/aromatic N) is 1. The van der Waals surface area contributed by atoms with Gasteiger partial charge in [0.05, 0.1) is 25.3 Å². The molecule has 0 saturated carbocycles. The van der Waals surface area contributed by atoms with Crippen LogP contribution in [-0.2, 0) is 17.9 Å². The van der Waals surface area contributed by atoms with E-state index in [0.29, 0.717) is 19.6 Å². The Morgan fingerprint density at radius 1 is 1.10 bits per heavy atom. The molecule has 0 saturated heterocycles. The lowest BCUT2D eigenvalue weighted by Gasteiger charge is -2.38. The van der Waals surface area contributed by atoms with Crippen LogP contribution in [-0.4, -0.2) is 25.7 Å². The van der Waals surface area contributed by atoms with Crippen LogP contribution in [0.2, 0.25) is 0 Å². The van der Waals surface area contributed by atoms with Crippen molar-refractivity contribution in [2.75, 3.05) is 18.6 Å². The molecule has 0 aliphatic carbocycles. The number of para-hydroxylation sites is 1. The van der Waals surface area contributed by atoms with Crippen LogP contribution >= 0.6 is 0 Å². The number of carbonyl (C=O) groups is 1. The van der Waals surface area contributed by atoms with Gasteiger partial charge in [-0.05, 0) is 36.2 Å². The number of fused-ring (bicyclic) bond motifs is 1. The summed E-state index contributed by atoms with van der Waals surface area (Å²) in [5.74, 6) is 1.65. The molecule has 5 nitrogen and oxygen atoms in total. The summed E-state index contributed by atoms with van der Waals surface area (Å²) in [5.41, 5.74) is 4.35. The van der Waals surface area contributed by atoms with Crippen LogP contribution in [0.15, 0.2) is 72.8 Å². The van der Waals surface area contributed by atoms with Gasteiger partial charge >= 0.3 is 0 Å². The van der Waals surface area contributed by atoms with E-state index in [1.54, 1.807) is 7.11 Å². The van der Waals surface area contributed by atoms with Crippen molar-refractivity contribution in [3.05, 3.63) is 89.5 Å². The molecule has 1 N–H and O–H groups in total. The SMILES string of the molecule is COc1ccccc1CNC(=O)C[C@H]1COc2cc(C)ccc2N1Cc1ccccc1. The van der Waals surface area contributed by atoms with Crippen LogP contribution in [0, 0.1) is 6.92 Å². The zero-order valence-corrected chi connectivity index (χ0v) is 18.0. The van der Waals surface area contributed by atoms with E-state index in [4.69, 9.17) is 9.47 Å². The Kier molecular flexibility index (Phi) is 6.41. The van der Waals surface area contributed by atoms with Crippen molar-refractivity contribution in [1.82, 2.24) is 5.32 Å². The number of methoxy groups -OCH3 is 1. The van der Waals surface area contributed by atoms with E-state index < -0.39 is 0 Å². The summed E-state index contributed by atoms with van der Waals surface area (Å²) in [7, 11) is 1.64. The monoisotopic (exact) mass is 416 g/mol. The third kappa shape index (κ3) is 5.00. The fraction of sp³-hybridized carbons (Fsp3) is 0.269. The molecular weight excluding hydrogens is 388 g/mol. The molecule has 0 spiro atoms. The lowest BCUT2D eigenvalue weighted by atomic mass is 10.0. The fourth-order valence-electron chi connectivity index (χ4n) is 3.94. The minimum absolute atomic E-state index is 0.00636. The second-order valence-corrected chi connectivity index (χ2v) is 7.84. The molecule has 0 radical (unpaired) electrons. The van der Waals surface area contributed by atoms with Crippen LogP contribution in [0.5, 0.6) is 11.5 Å². The molecule has 0 bridgehead atoms. The van der Waals surface area contributed by atoms with Gasteiger partial charge in [0, 0.05) is 18.7 Å². The first kappa shape index (κ1) is 20.8. The number of benzene rings is 3. The summed E-state index contributed by atoms with van der Waals surface area (Å²) in [6.45, 7) is 3.70. The van der Waals surface area contributed by atoms with E-state index in [-0.39, 0.29) is 11.9 Å². The fourth-order valence-corrected chi connectivity index (χ4v) is 3.94. The maximum absolute atomic E-state index is 12.8. The Balaban J connectivity index is 1.49. The molecule has 1 aliphatic heterocycles. The summed E-state index contributed by atoms with van der Waals surface area (Å²) in [6.07, 6.45) is 0.356. The van der Waals surface area contributed by atoms with Crippen molar-refractivity contribution in [2.45, 2.75) is 32.5 Å². The van der Waals surface area contributed by atoms with Gasteiger partial charge in [0.25, 0.3) is 0 Å². The zero-order valence-electron chi connectivity index (χ0n) is 18.0. The molecule has 3 aromatic rings. The van der Waals surface area contributed by atoms with Crippen molar-refractivity contribution in [2.24, 2.45) is 0 Å². The molecule has 0 fully saturated rings. The number of carbonyl (C=O) groups excluding carboxylic acids is 1. The van der Waals surface area contributed by atoms with E-state index in [1.165, 1.54) is 5.56 Å². The Labute approximate surface area is 183 Å². The summed E-state index contributed by atoms with van der Waals surface area (Å²) >= 11 is 0. The van der Waals surface area contributed by atoms with Gasteiger partial charge in [0.2, 0.25) is 5.91 Å². The average Bonchev–Trinajstić information content (AvgIpc) is 2.80. The molecule has 160 valence electrons. The highest BCUT2D eigenvalue weighted by molar-refractivity contribution is 5.78. The molecule has 5 heteroatoms. The summed E-state index contributed by atoms with van der Waals surface area (Å²) in [5, 5.41) is 3.04. The van der Waals surface area contributed by atoms with E-state index in [1.807, 2.05) is 42.5 Å². The van der Waals surface area contributed by atoms with Crippen molar-refractivity contribution in [3.63, 3.8) is 0 Å². The van der Waals surface area contributed by atoms with Crippen molar-refractivity contribution >= 4 is 11.6 Å². The van der Waals surface area contributed by atoms with Gasteiger partial charge in [-0.3, -0.25) is 4.79 Å². The van der Waals surface area contributed by atoms with Crippen LogP contribution in [0.3, 0.4) is 0 Å². The predicted molar refractivity (Wildman–Crippen MR) is 123 cm³/mol. The van der Waals surface area contributed by atoms with Crippen LogP contribution in [0.25, 0.3) is 0 Å². The van der Waals surface area contributed by atoms with Gasteiger partial charge in [-0.25, -0.2) is 0 Å². The molecule has 0 aromatic heterocycles. The largest absolute Gasteiger partial charge is 0.496 e. The predicted octanol–water partition coefficient (Wildman–Crippen LogP) is 4.48. The summed E-state index contributed by atoms with van der Waals surface area (Å²) < 4.78 is 11.4. The maximum Gasteiger partial charge on any atom is 0.222 e. The lowest BCUT2D eigenvalue weighted by molar-refractivity contribution is -0.121. The van der Waals surface area contributed by atoms with Gasteiger partial charge in [0.15, 0.2) is 0 Å². The number of hydrogen-bond donors (Lipinski definition) is 1. The van der Waals surface area contributed by atoms with Crippen molar-refractivity contribution in [1.29, 1.82) is 0 Å². The highest BCUT2D eigenvalue weighted by Gasteiger charge is 2.29. The number of rotatable bonds is 7. The Bertz CT molecular complexity index is 1040. The van der Waals surface area contributed by atoms with E-state index >= 15 is 0 Å². The second-order valence-electron chi connectivity index (χ2n) is 7.84. The molecule has 1 atom stereocenters. The van der Waals surface area contributed by atoms with Crippen LogP contribution in [0.4, 0.5) is 5.69 Å². The number of anilines is 1. The first-order valence-corrected chi connectivity index (χ1v) is 10.6. The Morgan fingerprint density at radius 2 is 1.87 bits per heavy atom.